The third-order valence-corrected chi connectivity index (χ3v) is 11.8. The quantitative estimate of drug-likeness (QED) is 0.249. The number of unbranched alkanes of at least 4 members (excludes halogenated alkanes) is 1. The lowest BCUT2D eigenvalue weighted by molar-refractivity contribution is -0.144. The second-order valence-corrected chi connectivity index (χ2v) is 14.0. The van der Waals surface area contributed by atoms with Gasteiger partial charge >= 0.3 is 0 Å². The van der Waals surface area contributed by atoms with Crippen molar-refractivity contribution in [2.45, 2.75) is 62.6 Å². The summed E-state index contributed by atoms with van der Waals surface area (Å²) >= 11 is 1.70. The second kappa shape index (κ2) is 13.3. The number of nitrogens with zero attached hydrogens (tertiary/aromatic N) is 3. The number of aliphatic hydroxyl groups is 1. The van der Waals surface area contributed by atoms with E-state index in [1.54, 1.807) is 33.7 Å². The van der Waals surface area contributed by atoms with Gasteiger partial charge in [0.2, 0.25) is 11.8 Å². The van der Waals surface area contributed by atoms with E-state index in [1.165, 1.54) is 0 Å². The molecule has 0 saturated carbocycles. The SMILES string of the molecule is C=CCN(Cc1ccccc1)C(=O)[C@@H]1[C@@H]2CC(C)C3(S2)C(C(=O)N(CC=C)c2c(C)cccc2C)N(CCCCO)C(=O)[C@H]13. The Morgan fingerprint density at radius 1 is 1.02 bits per heavy atom. The Bertz CT molecular complexity index is 1390. The maximum atomic E-state index is 15.0. The molecule has 234 valence electrons. The predicted molar refractivity (Wildman–Crippen MR) is 177 cm³/mol. The van der Waals surface area contributed by atoms with Crippen molar-refractivity contribution >= 4 is 35.2 Å². The van der Waals surface area contributed by atoms with Crippen molar-refractivity contribution in [3.63, 3.8) is 0 Å². The largest absolute Gasteiger partial charge is 0.396 e. The number of para-hydroxylation sites is 1. The molecule has 3 amide bonds. The average molecular weight is 616 g/mol. The number of carbonyl (C=O) groups excluding carboxylic acids is 3. The first-order valence-electron chi connectivity index (χ1n) is 15.7. The molecule has 3 unspecified atom stereocenters. The van der Waals surface area contributed by atoms with E-state index in [4.69, 9.17) is 0 Å². The highest BCUT2D eigenvalue weighted by Gasteiger charge is 2.76. The highest BCUT2D eigenvalue weighted by molar-refractivity contribution is 8.02. The average Bonchev–Trinajstić information content (AvgIpc) is 3.60. The summed E-state index contributed by atoms with van der Waals surface area (Å²) in [6.07, 6.45) is 5.36. The summed E-state index contributed by atoms with van der Waals surface area (Å²) in [5, 5.41) is 9.51. The Kier molecular flexibility index (Phi) is 9.71. The van der Waals surface area contributed by atoms with Crippen LogP contribution in [0.5, 0.6) is 0 Å². The number of thioether (sulfide) groups is 1. The minimum Gasteiger partial charge on any atom is -0.396 e. The Balaban J connectivity index is 1.57. The van der Waals surface area contributed by atoms with Crippen LogP contribution in [0.3, 0.4) is 0 Å². The maximum absolute atomic E-state index is 15.0. The minimum absolute atomic E-state index is 0.0184. The number of fused-ring (bicyclic) bond motifs is 1. The van der Waals surface area contributed by atoms with Gasteiger partial charge in [-0.1, -0.05) is 67.6 Å². The second-order valence-electron chi connectivity index (χ2n) is 12.5. The standard InChI is InChI=1S/C36H45N3O4S/c1-6-18-37(23-27-16-9-8-10-17-27)33(41)29-28-22-26(5)36(44-28)30(29)34(42)39(20-11-12-21-40)32(36)35(43)38(19-7-2)31-24(3)14-13-15-25(31)4/h6-10,13-17,26,28-30,32,40H,1-2,11-12,18-23H2,3-5H3/t26?,28-,29+,30-,32?,36?/m0/s1. The van der Waals surface area contributed by atoms with Gasteiger partial charge in [-0.3, -0.25) is 14.4 Å². The summed E-state index contributed by atoms with van der Waals surface area (Å²) in [5.74, 6) is -1.32. The molecule has 3 heterocycles. The van der Waals surface area contributed by atoms with Crippen molar-refractivity contribution in [3.05, 3.63) is 90.5 Å². The van der Waals surface area contributed by atoms with Gasteiger partial charge < -0.3 is 19.8 Å². The summed E-state index contributed by atoms with van der Waals surface area (Å²) in [6, 6.07) is 15.1. The van der Waals surface area contributed by atoms with Crippen molar-refractivity contribution in [2.75, 3.05) is 31.1 Å². The molecule has 0 radical (unpaired) electrons. The van der Waals surface area contributed by atoms with Crippen molar-refractivity contribution in [1.29, 1.82) is 0 Å². The van der Waals surface area contributed by atoms with Crippen LogP contribution in [-0.4, -0.2) is 74.9 Å². The lowest BCUT2D eigenvalue weighted by atomic mass is 9.65. The van der Waals surface area contributed by atoms with Crippen LogP contribution < -0.4 is 4.90 Å². The molecule has 0 aromatic heterocycles. The third kappa shape index (κ3) is 5.40. The van der Waals surface area contributed by atoms with Gasteiger partial charge in [0.25, 0.3) is 5.91 Å². The van der Waals surface area contributed by atoms with Gasteiger partial charge in [0.15, 0.2) is 0 Å². The molecule has 3 aliphatic heterocycles. The van der Waals surface area contributed by atoms with Crippen LogP contribution in [0.1, 0.15) is 42.9 Å². The number of anilines is 1. The van der Waals surface area contributed by atoms with E-state index in [0.29, 0.717) is 39.0 Å². The van der Waals surface area contributed by atoms with Gasteiger partial charge in [0, 0.05) is 43.7 Å². The van der Waals surface area contributed by atoms with E-state index >= 15 is 0 Å². The maximum Gasteiger partial charge on any atom is 0.251 e. The van der Waals surface area contributed by atoms with Crippen molar-refractivity contribution in [1.82, 2.24) is 9.80 Å². The molecular weight excluding hydrogens is 570 g/mol. The first-order chi connectivity index (χ1) is 21.2. The molecule has 44 heavy (non-hydrogen) atoms. The zero-order chi connectivity index (χ0) is 31.6. The molecular formula is C36H45N3O4S. The molecule has 6 atom stereocenters. The summed E-state index contributed by atoms with van der Waals surface area (Å²) in [4.78, 5) is 49.4. The molecule has 3 saturated heterocycles. The molecule has 2 bridgehead atoms. The van der Waals surface area contributed by atoms with E-state index in [1.807, 2.05) is 67.3 Å². The number of carbonyl (C=O) groups is 3. The smallest absolute Gasteiger partial charge is 0.251 e. The summed E-state index contributed by atoms with van der Waals surface area (Å²) in [6.45, 7) is 15.5. The Labute approximate surface area is 266 Å². The molecule has 2 aromatic rings. The molecule has 5 rings (SSSR count). The fourth-order valence-corrected chi connectivity index (χ4v) is 10.3. The van der Waals surface area contributed by atoms with E-state index < -0.39 is 22.6 Å². The van der Waals surface area contributed by atoms with E-state index in [9.17, 15) is 19.5 Å². The van der Waals surface area contributed by atoms with Crippen LogP contribution in [0.4, 0.5) is 5.69 Å². The molecule has 1 spiro atoms. The monoisotopic (exact) mass is 615 g/mol. The van der Waals surface area contributed by atoms with Crippen molar-refractivity contribution in [3.8, 4) is 0 Å². The number of aliphatic hydroxyl groups excluding tert-OH is 1. The highest BCUT2D eigenvalue weighted by atomic mass is 32.2. The molecule has 8 heteroatoms. The van der Waals surface area contributed by atoms with Gasteiger partial charge in [0.1, 0.15) is 6.04 Å². The van der Waals surface area contributed by atoms with Crippen LogP contribution in [0.2, 0.25) is 0 Å². The molecule has 1 N–H and O–H groups in total. The summed E-state index contributed by atoms with van der Waals surface area (Å²) in [5.41, 5.74) is 3.83. The Hall–Kier alpha value is -3.36. The van der Waals surface area contributed by atoms with Crippen molar-refractivity contribution in [2.24, 2.45) is 17.8 Å². The number of aryl methyl sites for hydroxylation is 2. The zero-order valence-corrected chi connectivity index (χ0v) is 27.0. The Morgan fingerprint density at radius 3 is 2.34 bits per heavy atom. The lowest BCUT2D eigenvalue weighted by Gasteiger charge is -2.41. The van der Waals surface area contributed by atoms with Gasteiger partial charge in [-0.2, -0.15) is 0 Å². The normalized spacial score (nSPS) is 26.9. The fourth-order valence-electron chi connectivity index (χ4n) is 7.92. The van der Waals surface area contributed by atoms with Gasteiger partial charge in [-0.05, 0) is 55.7 Å². The number of hydrogen-bond donors (Lipinski definition) is 1. The number of amides is 3. The van der Waals surface area contributed by atoms with E-state index in [-0.39, 0.29) is 35.5 Å². The zero-order valence-electron chi connectivity index (χ0n) is 26.2. The number of rotatable bonds is 13. The Morgan fingerprint density at radius 2 is 1.70 bits per heavy atom. The molecule has 7 nitrogen and oxygen atoms in total. The number of likely N-dealkylation sites (tertiary alicyclic amines) is 1. The third-order valence-electron chi connectivity index (χ3n) is 9.74. The van der Waals surface area contributed by atoms with Crippen molar-refractivity contribution < 1.29 is 19.5 Å². The minimum atomic E-state index is -0.721. The van der Waals surface area contributed by atoms with Crippen LogP contribution in [-0.2, 0) is 20.9 Å². The lowest BCUT2D eigenvalue weighted by Crippen LogP contribution is -2.58. The van der Waals surface area contributed by atoms with Crippen LogP contribution in [0, 0.1) is 31.6 Å². The van der Waals surface area contributed by atoms with E-state index in [2.05, 4.69) is 20.1 Å². The number of benzene rings is 2. The fraction of sp³-hybridized carbons (Fsp3) is 0.472. The van der Waals surface area contributed by atoms with Gasteiger partial charge in [-0.25, -0.2) is 0 Å². The molecule has 3 fully saturated rings. The van der Waals surface area contributed by atoms with E-state index in [0.717, 1.165) is 28.8 Å². The first-order valence-corrected chi connectivity index (χ1v) is 16.6. The summed E-state index contributed by atoms with van der Waals surface area (Å²) in [7, 11) is 0. The molecule has 2 aromatic carbocycles. The van der Waals surface area contributed by atoms with Crippen LogP contribution in [0.25, 0.3) is 0 Å². The predicted octanol–water partition coefficient (Wildman–Crippen LogP) is 5.15. The first kappa shape index (κ1) is 32.0. The highest BCUT2D eigenvalue weighted by Crippen LogP contribution is 2.69. The van der Waals surface area contributed by atoms with Gasteiger partial charge in [0.05, 0.1) is 16.6 Å². The summed E-state index contributed by atoms with van der Waals surface area (Å²) < 4.78 is -0.721. The molecule has 0 aliphatic carbocycles. The topological polar surface area (TPSA) is 81.2 Å². The molecule has 3 aliphatic rings. The van der Waals surface area contributed by atoms with Crippen LogP contribution >= 0.6 is 11.8 Å². The van der Waals surface area contributed by atoms with Gasteiger partial charge in [-0.15, -0.1) is 24.9 Å². The number of hydrogen-bond acceptors (Lipinski definition) is 5. The van der Waals surface area contributed by atoms with Crippen LogP contribution in [0.15, 0.2) is 73.8 Å².